The number of hydrogen-bond donors (Lipinski definition) is 2. The highest BCUT2D eigenvalue weighted by Gasteiger charge is 2.41. The molecule has 3 aliphatic heterocycles. The Kier molecular flexibility index (Phi) is 8.07. The summed E-state index contributed by atoms with van der Waals surface area (Å²) in [6, 6.07) is 1.10. The summed E-state index contributed by atoms with van der Waals surface area (Å²) in [7, 11) is 0. The van der Waals surface area contributed by atoms with Gasteiger partial charge in [0.25, 0.3) is 0 Å². The second kappa shape index (κ2) is 9.57. The van der Waals surface area contributed by atoms with Crippen LogP contribution in [0.25, 0.3) is 0 Å². The van der Waals surface area contributed by atoms with Crippen molar-refractivity contribution in [3.8, 4) is 0 Å². The van der Waals surface area contributed by atoms with Crippen LogP contribution >= 0.6 is 24.0 Å². The van der Waals surface area contributed by atoms with Gasteiger partial charge in [0.2, 0.25) is 0 Å². The highest BCUT2D eigenvalue weighted by molar-refractivity contribution is 14.0. The molecular formula is C18H35IN4O. The number of hydrogen-bond acceptors (Lipinski definition) is 3. The Hall–Kier alpha value is -0.0800. The monoisotopic (exact) mass is 450 g/mol. The molecule has 4 atom stereocenters. The minimum atomic E-state index is 0. The van der Waals surface area contributed by atoms with Gasteiger partial charge in [0.05, 0.1) is 18.2 Å². The van der Waals surface area contributed by atoms with Crippen molar-refractivity contribution in [2.24, 2.45) is 10.9 Å². The van der Waals surface area contributed by atoms with Gasteiger partial charge in [-0.2, -0.15) is 0 Å². The second-order valence-electron chi connectivity index (χ2n) is 7.68. The van der Waals surface area contributed by atoms with Gasteiger partial charge < -0.3 is 20.3 Å². The maximum Gasteiger partial charge on any atom is 0.191 e. The smallest absolute Gasteiger partial charge is 0.191 e. The maximum atomic E-state index is 5.95. The zero-order valence-corrected chi connectivity index (χ0v) is 17.8. The molecule has 0 radical (unpaired) electrons. The van der Waals surface area contributed by atoms with Gasteiger partial charge in [0.15, 0.2) is 5.96 Å². The molecule has 0 aromatic carbocycles. The van der Waals surface area contributed by atoms with Gasteiger partial charge in [-0.05, 0) is 65.3 Å². The third-order valence-corrected chi connectivity index (χ3v) is 5.56. The van der Waals surface area contributed by atoms with Gasteiger partial charge in [0, 0.05) is 25.7 Å². The number of nitrogens with zero attached hydrogens (tertiary/aromatic N) is 2. The summed E-state index contributed by atoms with van der Waals surface area (Å²) >= 11 is 0. The summed E-state index contributed by atoms with van der Waals surface area (Å²) in [5.41, 5.74) is 0. The van der Waals surface area contributed by atoms with E-state index in [1.54, 1.807) is 0 Å². The molecule has 4 unspecified atom stereocenters. The number of halogens is 1. The Morgan fingerprint density at radius 1 is 1.29 bits per heavy atom. The van der Waals surface area contributed by atoms with Crippen LogP contribution in [0.3, 0.4) is 0 Å². The van der Waals surface area contributed by atoms with E-state index >= 15 is 0 Å². The van der Waals surface area contributed by atoms with Crippen LogP contribution in [0.4, 0.5) is 0 Å². The Labute approximate surface area is 164 Å². The van der Waals surface area contributed by atoms with E-state index in [-0.39, 0.29) is 24.0 Å². The van der Waals surface area contributed by atoms with Crippen LogP contribution in [-0.4, -0.2) is 61.3 Å². The average Bonchev–Trinajstić information content (AvgIpc) is 3.16. The molecule has 2 N–H and O–H groups in total. The Morgan fingerprint density at radius 3 is 2.75 bits per heavy atom. The molecule has 5 nitrogen and oxygen atoms in total. The summed E-state index contributed by atoms with van der Waals surface area (Å²) in [6.45, 7) is 11.0. The first-order valence-corrected chi connectivity index (χ1v) is 9.60. The quantitative estimate of drug-likeness (QED) is 0.384. The lowest BCUT2D eigenvalue weighted by Gasteiger charge is -2.35. The van der Waals surface area contributed by atoms with Crippen LogP contribution in [-0.2, 0) is 4.74 Å². The number of likely N-dealkylation sites (tertiary alicyclic amines) is 1. The number of rotatable bonds is 5. The largest absolute Gasteiger partial charge is 0.373 e. The molecule has 3 heterocycles. The molecule has 0 aromatic heterocycles. The Bertz CT molecular complexity index is 418. The maximum absolute atomic E-state index is 5.95. The van der Waals surface area contributed by atoms with Gasteiger partial charge >= 0.3 is 0 Å². The third-order valence-electron chi connectivity index (χ3n) is 5.56. The number of ether oxygens (including phenoxy) is 1. The van der Waals surface area contributed by atoms with Crippen molar-refractivity contribution in [2.75, 3.05) is 26.2 Å². The molecular weight excluding hydrogens is 415 g/mol. The molecule has 6 heteroatoms. The molecule has 3 aliphatic rings. The summed E-state index contributed by atoms with van der Waals surface area (Å²) in [4.78, 5) is 7.48. The van der Waals surface area contributed by atoms with Crippen LogP contribution < -0.4 is 10.6 Å². The second-order valence-corrected chi connectivity index (χ2v) is 7.68. The van der Waals surface area contributed by atoms with E-state index in [1.807, 2.05) is 0 Å². The van der Waals surface area contributed by atoms with Gasteiger partial charge in [0.1, 0.15) is 0 Å². The predicted molar refractivity (Wildman–Crippen MR) is 110 cm³/mol. The van der Waals surface area contributed by atoms with Crippen molar-refractivity contribution in [3.63, 3.8) is 0 Å². The van der Waals surface area contributed by atoms with E-state index in [0.29, 0.717) is 30.2 Å². The Morgan fingerprint density at radius 2 is 2.12 bits per heavy atom. The molecule has 3 fully saturated rings. The normalized spacial score (nSPS) is 33.6. The molecule has 140 valence electrons. The highest BCUT2D eigenvalue weighted by atomic mass is 127. The molecule has 0 aromatic rings. The first kappa shape index (κ1) is 20.2. The molecule has 0 aliphatic carbocycles. The van der Waals surface area contributed by atoms with Crippen molar-refractivity contribution in [1.82, 2.24) is 15.5 Å². The highest BCUT2D eigenvalue weighted by Crippen LogP contribution is 2.34. The number of piperidine rings is 1. The molecule has 24 heavy (non-hydrogen) atoms. The fraction of sp³-hybridized carbons (Fsp3) is 0.944. The van der Waals surface area contributed by atoms with Crippen molar-refractivity contribution in [3.05, 3.63) is 0 Å². The Balaban J connectivity index is 0.00000208. The fourth-order valence-electron chi connectivity index (χ4n) is 4.22. The number of aliphatic imine (C=N–C) groups is 1. The lowest BCUT2D eigenvalue weighted by atomic mass is 9.95. The van der Waals surface area contributed by atoms with Gasteiger partial charge in [-0.1, -0.05) is 0 Å². The fourth-order valence-corrected chi connectivity index (χ4v) is 4.22. The van der Waals surface area contributed by atoms with Crippen LogP contribution in [0.5, 0.6) is 0 Å². The minimum absolute atomic E-state index is 0. The zero-order valence-electron chi connectivity index (χ0n) is 15.5. The molecule has 0 spiro atoms. The molecule has 3 rings (SSSR count). The van der Waals surface area contributed by atoms with E-state index in [2.05, 4.69) is 36.3 Å². The van der Waals surface area contributed by atoms with Crippen molar-refractivity contribution in [1.29, 1.82) is 0 Å². The van der Waals surface area contributed by atoms with E-state index in [1.165, 1.54) is 38.8 Å². The molecule has 0 amide bonds. The summed E-state index contributed by atoms with van der Waals surface area (Å²) < 4.78 is 5.95. The first-order chi connectivity index (χ1) is 11.2. The first-order valence-electron chi connectivity index (χ1n) is 9.60. The summed E-state index contributed by atoms with van der Waals surface area (Å²) in [6.07, 6.45) is 7.08. The van der Waals surface area contributed by atoms with E-state index in [9.17, 15) is 0 Å². The zero-order chi connectivity index (χ0) is 16.2. The van der Waals surface area contributed by atoms with E-state index in [0.717, 1.165) is 25.5 Å². The van der Waals surface area contributed by atoms with Gasteiger partial charge in [-0.25, -0.2) is 0 Å². The van der Waals surface area contributed by atoms with Crippen LogP contribution in [0.1, 0.15) is 52.9 Å². The molecule has 3 saturated heterocycles. The number of fused-ring (bicyclic) bond motifs is 2. The lowest BCUT2D eigenvalue weighted by molar-refractivity contribution is 0.0992. The topological polar surface area (TPSA) is 48.9 Å². The predicted octanol–water partition coefficient (Wildman–Crippen LogP) is 2.60. The number of nitrogens with one attached hydrogen (secondary N) is 2. The minimum Gasteiger partial charge on any atom is -0.373 e. The lowest BCUT2D eigenvalue weighted by Crippen LogP contribution is -2.48. The molecule has 2 bridgehead atoms. The van der Waals surface area contributed by atoms with Crippen molar-refractivity contribution >= 4 is 29.9 Å². The van der Waals surface area contributed by atoms with Gasteiger partial charge in [-0.15, -0.1) is 24.0 Å². The SMILES string of the molecule is CCNC(=NCC1CCCN(C(C)C)C1)NC1CC2CCC1O2.I. The third kappa shape index (κ3) is 5.21. The van der Waals surface area contributed by atoms with Crippen molar-refractivity contribution < 1.29 is 4.74 Å². The van der Waals surface area contributed by atoms with Gasteiger partial charge in [-0.3, -0.25) is 4.99 Å². The van der Waals surface area contributed by atoms with Crippen LogP contribution in [0, 0.1) is 5.92 Å². The average molecular weight is 450 g/mol. The van der Waals surface area contributed by atoms with Crippen LogP contribution in [0.2, 0.25) is 0 Å². The van der Waals surface area contributed by atoms with E-state index in [4.69, 9.17) is 9.73 Å². The standard InChI is InChI=1S/C18H34N4O.HI/c1-4-19-18(21-16-10-15-7-8-17(16)23-15)20-11-14-6-5-9-22(12-14)13(2)3;/h13-17H,4-12H2,1-3H3,(H2,19,20,21);1H. The summed E-state index contributed by atoms with van der Waals surface area (Å²) in [5, 5.41) is 7.03. The van der Waals surface area contributed by atoms with Crippen LogP contribution in [0.15, 0.2) is 4.99 Å². The number of guanidine groups is 1. The van der Waals surface area contributed by atoms with E-state index < -0.39 is 0 Å². The summed E-state index contributed by atoms with van der Waals surface area (Å²) in [5.74, 6) is 1.67. The molecule has 0 saturated carbocycles. The van der Waals surface area contributed by atoms with Crippen molar-refractivity contribution in [2.45, 2.75) is 77.2 Å².